The van der Waals surface area contributed by atoms with Crippen molar-refractivity contribution in [2.75, 3.05) is 39.9 Å². The molecular weight excluding hydrogens is 300 g/mol. The molecule has 0 radical (unpaired) electrons. The molecule has 1 fully saturated rings. The third kappa shape index (κ3) is 4.09. The standard InChI is InChI=1S/C19H28N4O/c1-3-20-19(23(2)13-15-9-11-24-14-15)21-10-8-16-12-22-18-7-5-4-6-17(16)18/h4-7,12,15,22H,3,8-11,13-14H2,1-2H3,(H,20,21). The summed E-state index contributed by atoms with van der Waals surface area (Å²) in [6.07, 6.45) is 4.20. The van der Waals surface area contributed by atoms with E-state index >= 15 is 0 Å². The Labute approximate surface area is 144 Å². The predicted molar refractivity (Wildman–Crippen MR) is 99.5 cm³/mol. The maximum atomic E-state index is 5.48. The van der Waals surface area contributed by atoms with Gasteiger partial charge in [-0.3, -0.25) is 4.99 Å². The molecule has 0 bridgehead atoms. The van der Waals surface area contributed by atoms with E-state index in [1.807, 2.05) is 0 Å². The number of aromatic amines is 1. The van der Waals surface area contributed by atoms with E-state index in [1.165, 1.54) is 16.5 Å². The average Bonchev–Trinajstić information content (AvgIpc) is 3.24. The summed E-state index contributed by atoms with van der Waals surface area (Å²) in [7, 11) is 2.12. The molecule has 3 rings (SSSR count). The Kier molecular flexibility index (Phi) is 5.75. The van der Waals surface area contributed by atoms with E-state index in [9.17, 15) is 0 Å². The summed E-state index contributed by atoms with van der Waals surface area (Å²) in [6, 6.07) is 8.43. The van der Waals surface area contributed by atoms with Gasteiger partial charge in [-0.1, -0.05) is 18.2 Å². The quantitative estimate of drug-likeness (QED) is 0.633. The lowest BCUT2D eigenvalue weighted by molar-refractivity contribution is 0.181. The number of H-pyrrole nitrogens is 1. The molecule has 2 heterocycles. The van der Waals surface area contributed by atoms with Crippen LogP contribution in [0.4, 0.5) is 0 Å². The highest BCUT2D eigenvalue weighted by Gasteiger charge is 2.19. The average molecular weight is 328 g/mol. The molecule has 0 saturated carbocycles. The van der Waals surface area contributed by atoms with Gasteiger partial charge in [0.25, 0.3) is 0 Å². The monoisotopic (exact) mass is 328 g/mol. The van der Waals surface area contributed by atoms with Gasteiger partial charge < -0.3 is 19.9 Å². The number of para-hydroxylation sites is 1. The zero-order valence-corrected chi connectivity index (χ0v) is 14.7. The number of aromatic nitrogens is 1. The smallest absolute Gasteiger partial charge is 0.193 e. The first kappa shape index (κ1) is 16.8. The van der Waals surface area contributed by atoms with Gasteiger partial charge in [-0.25, -0.2) is 0 Å². The molecule has 24 heavy (non-hydrogen) atoms. The maximum Gasteiger partial charge on any atom is 0.193 e. The van der Waals surface area contributed by atoms with Crippen molar-refractivity contribution in [3.8, 4) is 0 Å². The molecule has 5 nitrogen and oxygen atoms in total. The first-order valence-corrected chi connectivity index (χ1v) is 8.90. The molecule has 1 aromatic heterocycles. The van der Waals surface area contributed by atoms with Gasteiger partial charge >= 0.3 is 0 Å². The molecular formula is C19H28N4O. The Morgan fingerprint density at radius 3 is 3.08 bits per heavy atom. The molecule has 5 heteroatoms. The predicted octanol–water partition coefficient (Wildman–Crippen LogP) is 2.64. The van der Waals surface area contributed by atoms with E-state index in [-0.39, 0.29) is 0 Å². The van der Waals surface area contributed by atoms with Gasteiger partial charge in [-0.2, -0.15) is 0 Å². The fourth-order valence-corrected chi connectivity index (χ4v) is 3.29. The summed E-state index contributed by atoms with van der Waals surface area (Å²) >= 11 is 0. The van der Waals surface area contributed by atoms with Crippen LogP contribution in [0, 0.1) is 5.92 Å². The van der Waals surface area contributed by atoms with Crippen LogP contribution in [-0.4, -0.2) is 55.7 Å². The minimum absolute atomic E-state index is 0.618. The molecule has 130 valence electrons. The molecule has 1 aliphatic rings. The largest absolute Gasteiger partial charge is 0.381 e. The van der Waals surface area contributed by atoms with E-state index in [4.69, 9.17) is 9.73 Å². The molecule has 0 spiro atoms. The van der Waals surface area contributed by atoms with Crippen molar-refractivity contribution in [3.05, 3.63) is 36.0 Å². The molecule has 1 atom stereocenters. The van der Waals surface area contributed by atoms with Crippen LogP contribution in [0.25, 0.3) is 10.9 Å². The van der Waals surface area contributed by atoms with Crippen molar-refractivity contribution in [1.29, 1.82) is 0 Å². The van der Waals surface area contributed by atoms with Crippen LogP contribution in [-0.2, 0) is 11.2 Å². The van der Waals surface area contributed by atoms with Crippen molar-refractivity contribution in [3.63, 3.8) is 0 Å². The highest BCUT2D eigenvalue weighted by molar-refractivity contribution is 5.83. The summed E-state index contributed by atoms with van der Waals surface area (Å²) in [6.45, 7) is 6.56. The number of ether oxygens (including phenoxy) is 1. The van der Waals surface area contributed by atoms with Crippen molar-refractivity contribution >= 4 is 16.9 Å². The van der Waals surface area contributed by atoms with Crippen molar-refractivity contribution in [1.82, 2.24) is 15.2 Å². The Hall–Kier alpha value is -2.01. The fraction of sp³-hybridized carbons (Fsp3) is 0.526. The lowest BCUT2D eigenvalue weighted by Crippen LogP contribution is -2.41. The van der Waals surface area contributed by atoms with Gasteiger partial charge in [-0.05, 0) is 31.4 Å². The summed E-state index contributed by atoms with van der Waals surface area (Å²) in [5, 5.41) is 4.70. The van der Waals surface area contributed by atoms with Gasteiger partial charge in [0.1, 0.15) is 0 Å². The van der Waals surface area contributed by atoms with Crippen molar-refractivity contribution in [2.45, 2.75) is 19.8 Å². The Balaban J connectivity index is 1.60. The molecule has 1 aliphatic heterocycles. The maximum absolute atomic E-state index is 5.48. The lowest BCUT2D eigenvalue weighted by atomic mass is 10.1. The van der Waals surface area contributed by atoms with Crippen LogP contribution in [0.5, 0.6) is 0 Å². The van der Waals surface area contributed by atoms with E-state index < -0.39 is 0 Å². The van der Waals surface area contributed by atoms with Crippen LogP contribution in [0.15, 0.2) is 35.5 Å². The van der Waals surface area contributed by atoms with Crippen LogP contribution in [0.1, 0.15) is 18.9 Å². The molecule has 2 N–H and O–H groups in total. The highest BCUT2D eigenvalue weighted by atomic mass is 16.5. The first-order chi connectivity index (χ1) is 11.8. The van der Waals surface area contributed by atoms with Crippen LogP contribution in [0.3, 0.4) is 0 Å². The summed E-state index contributed by atoms with van der Waals surface area (Å²) in [5.41, 5.74) is 2.53. The zero-order valence-electron chi connectivity index (χ0n) is 14.7. The van der Waals surface area contributed by atoms with Crippen molar-refractivity contribution < 1.29 is 4.74 Å². The van der Waals surface area contributed by atoms with Gasteiger partial charge in [0.15, 0.2) is 5.96 Å². The number of rotatable bonds is 6. The topological polar surface area (TPSA) is 52.7 Å². The number of nitrogens with zero attached hydrogens (tertiary/aromatic N) is 2. The number of hydrogen-bond donors (Lipinski definition) is 2. The molecule has 1 unspecified atom stereocenters. The second-order valence-electron chi connectivity index (χ2n) is 6.46. The first-order valence-electron chi connectivity index (χ1n) is 8.90. The highest BCUT2D eigenvalue weighted by Crippen LogP contribution is 2.18. The molecule has 2 aromatic rings. The second kappa shape index (κ2) is 8.20. The second-order valence-corrected chi connectivity index (χ2v) is 6.46. The van der Waals surface area contributed by atoms with Gasteiger partial charge in [0, 0.05) is 56.3 Å². The minimum atomic E-state index is 0.618. The van der Waals surface area contributed by atoms with E-state index in [0.29, 0.717) is 5.92 Å². The number of guanidine groups is 1. The van der Waals surface area contributed by atoms with E-state index in [2.05, 4.69) is 59.6 Å². The fourth-order valence-electron chi connectivity index (χ4n) is 3.29. The van der Waals surface area contributed by atoms with Crippen molar-refractivity contribution in [2.24, 2.45) is 10.9 Å². The van der Waals surface area contributed by atoms with Gasteiger partial charge in [-0.15, -0.1) is 0 Å². The number of fused-ring (bicyclic) bond motifs is 1. The van der Waals surface area contributed by atoms with Gasteiger partial charge in [0.05, 0.1) is 6.61 Å². The van der Waals surface area contributed by atoms with Crippen LogP contribution in [0.2, 0.25) is 0 Å². The molecule has 0 amide bonds. The SMILES string of the molecule is CCNC(=NCCc1c[nH]c2ccccc12)N(C)CC1CCOC1. The molecule has 1 saturated heterocycles. The third-order valence-electron chi connectivity index (χ3n) is 4.57. The van der Waals surface area contributed by atoms with E-state index in [1.54, 1.807) is 0 Å². The summed E-state index contributed by atoms with van der Waals surface area (Å²) < 4.78 is 5.48. The number of hydrogen-bond acceptors (Lipinski definition) is 2. The summed E-state index contributed by atoms with van der Waals surface area (Å²) in [4.78, 5) is 10.4. The van der Waals surface area contributed by atoms with Crippen LogP contribution < -0.4 is 5.32 Å². The third-order valence-corrected chi connectivity index (χ3v) is 4.57. The normalized spacial score (nSPS) is 18.2. The number of nitrogens with one attached hydrogen (secondary N) is 2. The molecule has 1 aromatic carbocycles. The Morgan fingerprint density at radius 2 is 2.29 bits per heavy atom. The van der Waals surface area contributed by atoms with E-state index in [0.717, 1.165) is 51.6 Å². The lowest BCUT2D eigenvalue weighted by Gasteiger charge is -2.24. The number of aliphatic imine (C=N–C) groups is 1. The van der Waals surface area contributed by atoms with Crippen LogP contribution >= 0.6 is 0 Å². The number of benzene rings is 1. The Bertz CT molecular complexity index is 673. The minimum Gasteiger partial charge on any atom is -0.381 e. The Morgan fingerprint density at radius 1 is 1.42 bits per heavy atom. The zero-order chi connectivity index (χ0) is 16.8. The van der Waals surface area contributed by atoms with Gasteiger partial charge in [0.2, 0.25) is 0 Å². The molecule has 0 aliphatic carbocycles. The summed E-state index contributed by atoms with van der Waals surface area (Å²) in [5.74, 6) is 1.61.